The molecule has 0 fully saturated rings. The van der Waals surface area contributed by atoms with Gasteiger partial charge in [0.05, 0.1) is 0 Å². The molecule has 0 radical (unpaired) electrons. The molecule has 0 amide bonds. The van der Waals surface area contributed by atoms with Crippen LogP contribution in [0.15, 0.2) is 0 Å². The summed E-state index contributed by atoms with van der Waals surface area (Å²) in [5, 5.41) is 0. The van der Waals surface area contributed by atoms with E-state index < -0.39 is 0 Å². The summed E-state index contributed by atoms with van der Waals surface area (Å²) >= 11 is 20.7. The second-order valence-electron chi connectivity index (χ2n) is 3.05. The first-order valence-electron chi connectivity index (χ1n) is 4.42. The molecular formula is C8H12Br6O. The summed E-state index contributed by atoms with van der Waals surface area (Å²) in [6, 6.07) is 0. The number of hydrogen-bond donors (Lipinski definition) is 0. The zero-order valence-corrected chi connectivity index (χ0v) is 17.4. The molecule has 0 aliphatic rings. The highest BCUT2D eigenvalue weighted by atomic mass is 80.0. The molecule has 0 aromatic carbocycles. The van der Waals surface area contributed by atoms with Gasteiger partial charge in [0, 0.05) is 13.2 Å². The van der Waals surface area contributed by atoms with Gasteiger partial charge >= 0.3 is 0 Å². The van der Waals surface area contributed by atoms with E-state index in [9.17, 15) is 0 Å². The van der Waals surface area contributed by atoms with Crippen LogP contribution >= 0.6 is 95.6 Å². The van der Waals surface area contributed by atoms with Crippen LogP contribution in [-0.4, -0.2) is 17.5 Å². The molecule has 0 bridgehead atoms. The van der Waals surface area contributed by atoms with Gasteiger partial charge in [-0.25, -0.2) is 0 Å². The summed E-state index contributed by atoms with van der Waals surface area (Å²) in [6.45, 7) is 1.59. The van der Waals surface area contributed by atoms with E-state index >= 15 is 0 Å². The summed E-state index contributed by atoms with van der Waals surface area (Å²) in [4.78, 5) is 0. The highest BCUT2D eigenvalue weighted by Crippen LogP contribution is 2.38. The average Bonchev–Trinajstić information content (AvgIpc) is 1.98. The number of ether oxygens (including phenoxy) is 1. The fourth-order valence-corrected chi connectivity index (χ4v) is 2.53. The van der Waals surface area contributed by atoms with Crippen molar-refractivity contribution in [2.45, 2.75) is 30.0 Å². The van der Waals surface area contributed by atoms with Gasteiger partial charge in [0.25, 0.3) is 0 Å². The van der Waals surface area contributed by atoms with Crippen molar-refractivity contribution in [1.82, 2.24) is 0 Å². The minimum absolute atomic E-state index is 0.132. The fourth-order valence-electron chi connectivity index (χ4n) is 0.851. The number of halogens is 6. The Labute approximate surface area is 142 Å². The molecule has 15 heavy (non-hydrogen) atoms. The second-order valence-corrected chi connectivity index (χ2v) is 17.6. The Morgan fingerprint density at radius 1 is 0.667 bits per heavy atom. The van der Waals surface area contributed by atoms with Crippen molar-refractivity contribution in [3.8, 4) is 0 Å². The third kappa shape index (κ3) is 16.8. The lowest BCUT2D eigenvalue weighted by Gasteiger charge is -2.13. The van der Waals surface area contributed by atoms with Gasteiger partial charge in [-0.1, -0.05) is 95.6 Å². The minimum atomic E-state index is -0.132. The Balaban J connectivity index is 3.20. The topological polar surface area (TPSA) is 9.23 Å². The van der Waals surface area contributed by atoms with Crippen LogP contribution in [0.25, 0.3) is 0 Å². The van der Waals surface area contributed by atoms with Gasteiger partial charge in [0.2, 0.25) is 0 Å². The fraction of sp³-hybridized carbons (Fsp3) is 1.00. The zero-order valence-electron chi connectivity index (χ0n) is 7.92. The summed E-state index contributed by atoms with van der Waals surface area (Å²) in [7, 11) is 0. The van der Waals surface area contributed by atoms with E-state index in [0.717, 1.165) is 38.9 Å². The molecule has 0 rings (SSSR count). The summed E-state index contributed by atoms with van der Waals surface area (Å²) in [5.41, 5.74) is 0. The summed E-state index contributed by atoms with van der Waals surface area (Å²) in [6.07, 6.45) is 3.99. The predicted octanol–water partition coefficient (Wildman–Crippen LogP) is 6.24. The van der Waals surface area contributed by atoms with Crippen molar-refractivity contribution in [2.24, 2.45) is 0 Å². The SMILES string of the molecule is BrC(Br)(Br)CCCOCCCC(Br)(Br)Br. The molecule has 0 unspecified atom stereocenters. The van der Waals surface area contributed by atoms with Crippen molar-refractivity contribution in [1.29, 1.82) is 0 Å². The number of hydrogen-bond acceptors (Lipinski definition) is 1. The van der Waals surface area contributed by atoms with Crippen molar-refractivity contribution in [3.63, 3.8) is 0 Å². The van der Waals surface area contributed by atoms with E-state index in [1.807, 2.05) is 0 Å². The molecule has 1 nitrogen and oxygen atoms in total. The molecule has 7 heteroatoms. The van der Waals surface area contributed by atoms with E-state index in [1.54, 1.807) is 0 Å². The molecule has 0 spiro atoms. The predicted molar refractivity (Wildman–Crippen MR) is 88.3 cm³/mol. The van der Waals surface area contributed by atoms with Gasteiger partial charge in [0.15, 0.2) is 0 Å². The average molecular weight is 604 g/mol. The second kappa shape index (κ2) is 8.86. The molecule has 0 heterocycles. The standard InChI is InChI=1S/C8H12Br6O/c9-7(10,11)3-1-5-15-6-2-4-8(12,13)14/h1-6H2. The van der Waals surface area contributed by atoms with Crippen LogP contribution in [0.2, 0.25) is 0 Å². The van der Waals surface area contributed by atoms with Crippen LogP contribution in [0, 0.1) is 0 Å². The molecule has 0 aliphatic carbocycles. The van der Waals surface area contributed by atoms with Gasteiger partial charge in [-0.2, -0.15) is 0 Å². The van der Waals surface area contributed by atoms with Crippen LogP contribution in [0.4, 0.5) is 0 Å². The van der Waals surface area contributed by atoms with Crippen LogP contribution < -0.4 is 0 Å². The molecule has 0 atom stereocenters. The maximum atomic E-state index is 5.50. The Morgan fingerprint density at radius 3 is 1.27 bits per heavy atom. The molecule has 0 aromatic heterocycles. The largest absolute Gasteiger partial charge is 0.381 e. The van der Waals surface area contributed by atoms with E-state index in [1.165, 1.54) is 0 Å². The molecule has 0 aliphatic heterocycles. The monoisotopic (exact) mass is 598 g/mol. The minimum Gasteiger partial charge on any atom is -0.381 e. The molecular weight excluding hydrogens is 592 g/mol. The third-order valence-electron chi connectivity index (χ3n) is 1.50. The first-order valence-corrected chi connectivity index (χ1v) is 9.18. The van der Waals surface area contributed by atoms with E-state index in [4.69, 9.17) is 4.74 Å². The molecule has 0 aromatic rings. The van der Waals surface area contributed by atoms with Gasteiger partial charge in [0.1, 0.15) is 4.29 Å². The van der Waals surface area contributed by atoms with Crippen molar-refractivity contribution in [2.75, 3.05) is 13.2 Å². The van der Waals surface area contributed by atoms with Gasteiger partial charge in [-0.3, -0.25) is 0 Å². The Morgan fingerprint density at radius 2 is 1.00 bits per heavy atom. The Kier molecular flexibility index (Phi) is 10.5. The lowest BCUT2D eigenvalue weighted by molar-refractivity contribution is 0.128. The highest BCUT2D eigenvalue weighted by Gasteiger charge is 2.17. The van der Waals surface area contributed by atoms with Gasteiger partial charge in [-0.15, -0.1) is 0 Å². The van der Waals surface area contributed by atoms with Crippen LogP contribution in [0.1, 0.15) is 25.7 Å². The molecule has 92 valence electrons. The lowest BCUT2D eigenvalue weighted by Crippen LogP contribution is -2.06. The van der Waals surface area contributed by atoms with E-state index in [2.05, 4.69) is 95.6 Å². The normalized spacial score (nSPS) is 13.2. The molecule has 0 saturated heterocycles. The maximum Gasteiger partial charge on any atom is 0.135 e. The quantitative estimate of drug-likeness (QED) is 0.258. The maximum absolute atomic E-state index is 5.50. The van der Waals surface area contributed by atoms with Gasteiger partial charge in [-0.05, 0) is 25.7 Å². The number of rotatable bonds is 6. The zero-order chi connectivity index (χ0) is 11.9. The third-order valence-corrected chi connectivity index (χ3v) is 3.88. The van der Waals surface area contributed by atoms with Gasteiger partial charge < -0.3 is 4.74 Å². The van der Waals surface area contributed by atoms with Crippen LogP contribution in [0.3, 0.4) is 0 Å². The van der Waals surface area contributed by atoms with Crippen molar-refractivity contribution >= 4 is 95.6 Å². The van der Waals surface area contributed by atoms with Crippen molar-refractivity contribution < 1.29 is 4.74 Å². The number of alkyl halides is 6. The van der Waals surface area contributed by atoms with Crippen LogP contribution in [0.5, 0.6) is 0 Å². The Bertz CT molecular complexity index is 143. The lowest BCUT2D eigenvalue weighted by atomic mass is 10.3. The summed E-state index contributed by atoms with van der Waals surface area (Å²) < 4.78 is 5.24. The van der Waals surface area contributed by atoms with Crippen molar-refractivity contribution in [3.05, 3.63) is 0 Å². The first kappa shape index (κ1) is 17.8. The highest BCUT2D eigenvalue weighted by molar-refractivity contribution is 9.39. The Hall–Kier alpha value is 2.84. The van der Waals surface area contributed by atoms with E-state index in [0.29, 0.717) is 0 Å². The molecule has 0 N–H and O–H groups in total. The molecule has 0 saturated carbocycles. The van der Waals surface area contributed by atoms with E-state index in [-0.39, 0.29) is 4.29 Å². The summed E-state index contributed by atoms with van der Waals surface area (Å²) in [5.74, 6) is 0. The van der Waals surface area contributed by atoms with Crippen LogP contribution in [-0.2, 0) is 4.74 Å². The smallest absolute Gasteiger partial charge is 0.135 e. The first-order chi connectivity index (χ1) is 6.71.